The molecule has 0 aliphatic heterocycles. The van der Waals surface area contributed by atoms with Crippen molar-refractivity contribution in [2.75, 3.05) is 46.8 Å². The lowest BCUT2D eigenvalue weighted by atomic mass is 9.98. The largest absolute Gasteiger partial charge is 0.356 e. The van der Waals surface area contributed by atoms with Crippen molar-refractivity contribution in [3.05, 3.63) is 41.9 Å². The Morgan fingerprint density at radius 1 is 0.971 bits per heavy atom. The van der Waals surface area contributed by atoms with E-state index in [2.05, 4.69) is 69.3 Å². The minimum atomic E-state index is 0.135. The lowest BCUT2D eigenvalue weighted by Crippen LogP contribution is -2.37. The highest BCUT2D eigenvalue weighted by atomic mass is 16.1. The summed E-state index contributed by atoms with van der Waals surface area (Å²) in [5, 5.41) is 12.8. The summed E-state index contributed by atoms with van der Waals surface area (Å²) in [5.41, 5.74) is 3.55. The van der Waals surface area contributed by atoms with Crippen molar-refractivity contribution >= 4 is 5.91 Å². The number of aryl methyl sites for hydroxylation is 1. The summed E-state index contributed by atoms with van der Waals surface area (Å²) in [4.78, 5) is 20.6. The third-order valence-corrected chi connectivity index (χ3v) is 6.44. The number of carbonyl (C=O) groups is 1. The van der Waals surface area contributed by atoms with E-state index in [1.165, 1.54) is 36.8 Å². The highest BCUT2D eigenvalue weighted by Crippen LogP contribution is 2.26. The van der Waals surface area contributed by atoms with E-state index < -0.39 is 0 Å². The van der Waals surface area contributed by atoms with Crippen LogP contribution in [0.2, 0.25) is 0 Å². The number of nitrogens with one attached hydrogen (secondary N) is 5. The molecule has 0 aliphatic rings. The number of rotatable bonds is 19. The van der Waals surface area contributed by atoms with Gasteiger partial charge in [-0.15, -0.1) is 0 Å². The predicted molar refractivity (Wildman–Crippen MR) is 147 cm³/mol. The van der Waals surface area contributed by atoms with Crippen molar-refractivity contribution in [3.8, 4) is 11.3 Å². The molecular weight excluding hydrogens is 436 g/mol. The number of benzene rings is 1. The van der Waals surface area contributed by atoms with Crippen LogP contribution in [0.4, 0.5) is 0 Å². The van der Waals surface area contributed by atoms with Crippen molar-refractivity contribution < 1.29 is 4.79 Å². The van der Waals surface area contributed by atoms with E-state index in [9.17, 15) is 4.79 Å². The van der Waals surface area contributed by atoms with Crippen LogP contribution in [0.3, 0.4) is 0 Å². The number of H-pyrrole nitrogens is 1. The van der Waals surface area contributed by atoms with E-state index in [1.54, 1.807) is 0 Å². The predicted octanol–water partition coefficient (Wildman–Crippen LogP) is 3.84. The maximum absolute atomic E-state index is 12.4. The molecule has 0 aliphatic carbocycles. The molecule has 2 rings (SSSR count). The summed E-state index contributed by atoms with van der Waals surface area (Å²) < 4.78 is 0. The molecule has 0 radical (unpaired) electrons. The first-order valence-electron chi connectivity index (χ1n) is 13.5. The van der Waals surface area contributed by atoms with Gasteiger partial charge in [0.15, 0.2) is 0 Å². The van der Waals surface area contributed by atoms with Crippen LogP contribution in [0.5, 0.6) is 0 Å². The summed E-state index contributed by atoms with van der Waals surface area (Å²) in [7, 11) is 3.88. The molecule has 7 heteroatoms. The first-order chi connectivity index (χ1) is 17.1. The van der Waals surface area contributed by atoms with Gasteiger partial charge in [0.2, 0.25) is 5.91 Å². The van der Waals surface area contributed by atoms with Gasteiger partial charge in [-0.25, -0.2) is 4.98 Å². The first-order valence-corrected chi connectivity index (χ1v) is 13.5. The Kier molecular flexibility index (Phi) is 14.3. The van der Waals surface area contributed by atoms with Gasteiger partial charge in [0.1, 0.15) is 5.82 Å². The Morgan fingerprint density at radius 3 is 2.37 bits per heavy atom. The fourth-order valence-electron chi connectivity index (χ4n) is 4.54. The van der Waals surface area contributed by atoms with Gasteiger partial charge in [0.05, 0.1) is 11.9 Å². The fraction of sp³-hybridized carbons (Fsp3) is 0.643. The van der Waals surface area contributed by atoms with Crippen LogP contribution in [-0.4, -0.2) is 62.7 Å². The van der Waals surface area contributed by atoms with E-state index in [4.69, 9.17) is 0 Å². The van der Waals surface area contributed by atoms with Crippen molar-refractivity contribution in [3.63, 3.8) is 0 Å². The Morgan fingerprint density at radius 2 is 1.71 bits per heavy atom. The minimum absolute atomic E-state index is 0.135. The van der Waals surface area contributed by atoms with Crippen LogP contribution >= 0.6 is 0 Å². The number of hydrogen-bond acceptors (Lipinski definition) is 5. The topological polar surface area (TPSA) is 93.9 Å². The zero-order valence-corrected chi connectivity index (χ0v) is 22.4. The molecule has 1 aromatic heterocycles. The Balaban J connectivity index is 1.74. The lowest BCUT2D eigenvalue weighted by molar-refractivity contribution is -0.121. The summed E-state index contributed by atoms with van der Waals surface area (Å²) in [6, 6.07) is 8.71. The highest BCUT2D eigenvalue weighted by Gasteiger charge is 2.14. The Hall–Kier alpha value is -2.22. The molecule has 0 saturated carbocycles. The minimum Gasteiger partial charge on any atom is -0.356 e. The second kappa shape index (κ2) is 17.2. The van der Waals surface area contributed by atoms with Gasteiger partial charge >= 0.3 is 0 Å². The molecule has 1 aromatic carbocycles. The van der Waals surface area contributed by atoms with Crippen LogP contribution in [0.1, 0.15) is 69.7 Å². The molecule has 0 fully saturated rings. The number of imidazole rings is 1. The molecule has 1 atom stereocenters. The second-order valence-electron chi connectivity index (χ2n) is 9.54. The highest BCUT2D eigenvalue weighted by molar-refractivity contribution is 5.76. The number of likely N-dealkylation sites (N-methyl/N-ethyl adjacent to an activating group) is 1. The van der Waals surface area contributed by atoms with E-state index in [0.717, 1.165) is 50.5 Å². The quantitative estimate of drug-likeness (QED) is 0.195. The first kappa shape index (κ1) is 29.0. The molecule has 0 spiro atoms. The number of carbonyl (C=O) groups excluding carboxylic acids is 1. The number of hydrogen-bond donors (Lipinski definition) is 5. The van der Waals surface area contributed by atoms with E-state index in [0.29, 0.717) is 24.8 Å². The van der Waals surface area contributed by atoms with Crippen LogP contribution in [0.15, 0.2) is 30.5 Å². The standard InChI is InChI=1S/C28H48N6O/c1-5-8-25(9-6-2)28-33-21-26(34-28)24-13-11-22(12-14-24)10-7-15-32-27(35)18-23(19-30-4)20-31-17-16-29-3/h11-14,21,23,25,29-31H,5-10,15-20H2,1-4H3,(H,32,35)(H,33,34). The number of amides is 1. The van der Waals surface area contributed by atoms with E-state index in [1.807, 2.05) is 20.3 Å². The van der Waals surface area contributed by atoms with Crippen LogP contribution in [0.25, 0.3) is 11.3 Å². The zero-order valence-electron chi connectivity index (χ0n) is 22.4. The third-order valence-electron chi connectivity index (χ3n) is 6.44. The maximum atomic E-state index is 12.4. The molecule has 1 amide bonds. The maximum Gasteiger partial charge on any atom is 0.220 e. The average Bonchev–Trinajstić information content (AvgIpc) is 3.35. The van der Waals surface area contributed by atoms with Crippen molar-refractivity contribution in [2.24, 2.45) is 5.92 Å². The van der Waals surface area contributed by atoms with Crippen LogP contribution in [-0.2, 0) is 11.2 Å². The monoisotopic (exact) mass is 484 g/mol. The van der Waals surface area contributed by atoms with Gasteiger partial charge in [0, 0.05) is 32.0 Å². The molecule has 1 unspecified atom stereocenters. The van der Waals surface area contributed by atoms with Gasteiger partial charge in [-0.1, -0.05) is 51.0 Å². The van der Waals surface area contributed by atoms with Crippen LogP contribution < -0.4 is 21.3 Å². The summed E-state index contributed by atoms with van der Waals surface area (Å²) in [5.74, 6) is 2.08. The van der Waals surface area contributed by atoms with Crippen molar-refractivity contribution in [1.29, 1.82) is 0 Å². The SMILES string of the molecule is CCCC(CCC)c1ncc(-c2ccc(CCCNC(=O)CC(CNC)CNCCNC)cc2)[nH]1. The van der Waals surface area contributed by atoms with Gasteiger partial charge < -0.3 is 26.3 Å². The molecule has 2 aromatic rings. The molecule has 35 heavy (non-hydrogen) atoms. The van der Waals surface area contributed by atoms with Crippen molar-refractivity contribution in [2.45, 2.75) is 64.7 Å². The smallest absolute Gasteiger partial charge is 0.220 e. The Labute approximate surface area is 212 Å². The normalized spacial score (nSPS) is 12.3. The number of aromatic amines is 1. The summed E-state index contributed by atoms with van der Waals surface area (Å²) in [6.45, 7) is 8.71. The average molecular weight is 485 g/mol. The number of nitrogens with zero attached hydrogens (tertiary/aromatic N) is 1. The summed E-state index contributed by atoms with van der Waals surface area (Å²) >= 11 is 0. The van der Waals surface area contributed by atoms with Gasteiger partial charge in [-0.2, -0.15) is 0 Å². The third kappa shape index (κ3) is 10.9. The van der Waals surface area contributed by atoms with Crippen molar-refractivity contribution in [1.82, 2.24) is 31.2 Å². The molecule has 0 saturated heterocycles. The van der Waals surface area contributed by atoms with Gasteiger partial charge in [-0.3, -0.25) is 4.79 Å². The molecule has 0 bridgehead atoms. The van der Waals surface area contributed by atoms with E-state index in [-0.39, 0.29) is 5.91 Å². The van der Waals surface area contributed by atoms with Gasteiger partial charge in [-0.05, 0) is 69.9 Å². The lowest BCUT2D eigenvalue weighted by Gasteiger charge is -2.17. The molecule has 1 heterocycles. The number of aromatic nitrogens is 2. The summed E-state index contributed by atoms with van der Waals surface area (Å²) in [6.07, 6.45) is 9.13. The molecule has 5 N–H and O–H groups in total. The molecular formula is C28H48N6O. The second-order valence-corrected chi connectivity index (χ2v) is 9.54. The fourth-order valence-corrected chi connectivity index (χ4v) is 4.54. The van der Waals surface area contributed by atoms with Gasteiger partial charge in [0.25, 0.3) is 0 Å². The Bertz CT molecular complexity index is 813. The molecule has 196 valence electrons. The van der Waals surface area contributed by atoms with E-state index >= 15 is 0 Å². The zero-order chi connectivity index (χ0) is 25.3. The van der Waals surface area contributed by atoms with Crippen LogP contribution in [0, 0.1) is 5.92 Å². The molecule has 7 nitrogen and oxygen atoms in total.